The van der Waals surface area contributed by atoms with E-state index in [-0.39, 0.29) is 17.1 Å². The van der Waals surface area contributed by atoms with E-state index in [4.69, 9.17) is 11.5 Å². The molecule has 0 spiro atoms. The lowest BCUT2D eigenvalue weighted by Crippen LogP contribution is -2.21. The van der Waals surface area contributed by atoms with Crippen molar-refractivity contribution >= 4 is 17.4 Å². The molecule has 1 aliphatic heterocycles. The second-order valence-electron chi connectivity index (χ2n) is 5.26. The summed E-state index contributed by atoms with van der Waals surface area (Å²) in [5, 5.41) is 12.5. The van der Waals surface area contributed by atoms with Crippen LogP contribution in [0.15, 0.2) is 16.8 Å². The molecule has 1 aromatic rings. The number of hydrogen-bond acceptors (Lipinski definition) is 4. The molecular formula is C15H22N4O2. The van der Waals surface area contributed by atoms with Gasteiger partial charge in [-0.1, -0.05) is 31.8 Å². The summed E-state index contributed by atoms with van der Waals surface area (Å²) >= 11 is 0. The predicted octanol–water partition coefficient (Wildman–Crippen LogP) is 1.59. The molecule has 0 aromatic carbocycles. The van der Waals surface area contributed by atoms with Gasteiger partial charge in [-0.3, -0.25) is 9.36 Å². The number of primary amides is 1. The van der Waals surface area contributed by atoms with Crippen molar-refractivity contribution < 1.29 is 10.0 Å². The monoisotopic (exact) mass is 290 g/mol. The summed E-state index contributed by atoms with van der Waals surface area (Å²) in [5.74, 6) is -0.416. The first kappa shape index (κ1) is 15.2. The molecule has 2 heterocycles. The Morgan fingerprint density at radius 2 is 2.05 bits per heavy atom. The second-order valence-corrected chi connectivity index (χ2v) is 5.26. The van der Waals surface area contributed by atoms with Gasteiger partial charge in [0.25, 0.3) is 5.91 Å². The zero-order valence-electron chi connectivity index (χ0n) is 12.5. The van der Waals surface area contributed by atoms with Crippen molar-refractivity contribution in [3.05, 3.63) is 28.6 Å². The van der Waals surface area contributed by atoms with Crippen molar-refractivity contribution in [3.8, 4) is 0 Å². The van der Waals surface area contributed by atoms with Crippen LogP contribution in [-0.4, -0.2) is 21.4 Å². The normalized spacial score (nSPS) is 15.8. The van der Waals surface area contributed by atoms with Gasteiger partial charge in [-0.05, 0) is 30.9 Å². The molecular weight excluding hydrogens is 268 g/mol. The largest absolute Gasteiger partial charge is 0.410 e. The Bertz CT molecular complexity index is 626. The summed E-state index contributed by atoms with van der Waals surface area (Å²) in [5.41, 5.74) is 14.6. The van der Waals surface area contributed by atoms with Crippen LogP contribution in [0.4, 0.5) is 0 Å². The average molecular weight is 290 g/mol. The third-order valence-corrected chi connectivity index (χ3v) is 3.80. The van der Waals surface area contributed by atoms with E-state index in [0.717, 1.165) is 37.8 Å². The van der Waals surface area contributed by atoms with Crippen LogP contribution in [-0.2, 0) is 17.6 Å². The molecule has 0 saturated carbocycles. The minimum Gasteiger partial charge on any atom is -0.410 e. The molecule has 21 heavy (non-hydrogen) atoms. The van der Waals surface area contributed by atoms with Crippen molar-refractivity contribution in [2.45, 2.75) is 46.0 Å². The fraction of sp³-hybridized carbons (Fsp3) is 0.467. The number of nitrogens with two attached hydrogens (primary N) is 2. The van der Waals surface area contributed by atoms with E-state index in [1.165, 1.54) is 5.56 Å². The van der Waals surface area contributed by atoms with Gasteiger partial charge in [-0.25, -0.2) is 0 Å². The molecule has 0 saturated heterocycles. The minimum atomic E-state index is -0.678. The topological polar surface area (TPSA) is 107 Å². The van der Waals surface area contributed by atoms with Crippen LogP contribution in [0.1, 0.15) is 50.1 Å². The third kappa shape index (κ3) is 2.41. The number of aromatic nitrogens is 1. The molecule has 6 nitrogen and oxygen atoms in total. The van der Waals surface area contributed by atoms with E-state index >= 15 is 0 Å². The van der Waals surface area contributed by atoms with Gasteiger partial charge in [0.1, 0.15) is 17.1 Å². The van der Waals surface area contributed by atoms with Crippen LogP contribution in [0.25, 0.3) is 5.82 Å². The van der Waals surface area contributed by atoms with Crippen molar-refractivity contribution in [1.29, 1.82) is 0 Å². The second kappa shape index (κ2) is 6.03. The number of fused-ring (bicyclic) bond motifs is 1. The SMILES string of the molecule is CCCCc1c(CCC)cc2n1C(N)=C(C(N)=O)/C2=N/O. The number of unbranched alkanes of at least 4 members (excludes halogenated alkanes) is 1. The van der Waals surface area contributed by atoms with Crippen LogP contribution in [0, 0.1) is 0 Å². The highest BCUT2D eigenvalue weighted by molar-refractivity contribution is 6.32. The first-order valence-electron chi connectivity index (χ1n) is 7.32. The Labute approximate surface area is 124 Å². The Morgan fingerprint density at radius 1 is 1.33 bits per heavy atom. The Morgan fingerprint density at radius 3 is 2.57 bits per heavy atom. The lowest BCUT2D eigenvalue weighted by molar-refractivity contribution is -0.114. The molecule has 2 rings (SSSR count). The molecule has 0 unspecified atom stereocenters. The highest BCUT2D eigenvalue weighted by atomic mass is 16.4. The summed E-state index contributed by atoms with van der Waals surface area (Å²) in [6.45, 7) is 4.24. The fourth-order valence-corrected chi connectivity index (χ4v) is 2.86. The number of rotatable bonds is 6. The van der Waals surface area contributed by atoms with Gasteiger partial charge in [0.15, 0.2) is 0 Å². The lowest BCUT2D eigenvalue weighted by Gasteiger charge is -2.10. The van der Waals surface area contributed by atoms with E-state index in [2.05, 4.69) is 19.0 Å². The van der Waals surface area contributed by atoms with Crippen LogP contribution in [0.2, 0.25) is 0 Å². The maximum absolute atomic E-state index is 11.6. The lowest BCUT2D eigenvalue weighted by atomic mass is 10.0. The third-order valence-electron chi connectivity index (χ3n) is 3.80. The number of carbonyl (C=O) groups is 1. The zero-order chi connectivity index (χ0) is 15.6. The van der Waals surface area contributed by atoms with Gasteiger partial charge in [0, 0.05) is 5.69 Å². The molecule has 1 amide bonds. The molecule has 0 fully saturated rings. The standard InChI is InChI=1S/C15H22N4O2/c1-3-5-7-10-9(6-4-2)8-11-13(18-21)12(15(17)20)14(16)19(10)11/h8,21H,3-7,16H2,1-2H3,(H2,17,20)/b18-13+. The molecule has 6 heteroatoms. The molecule has 0 aliphatic carbocycles. The summed E-state index contributed by atoms with van der Waals surface area (Å²) < 4.78 is 1.82. The summed E-state index contributed by atoms with van der Waals surface area (Å²) in [7, 11) is 0. The predicted molar refractivity (Wildman–Crippen MR) is 82.0 cm³/mol. The molecule has 5 N–H and O–H groups in total. The average Bonchev–Trinajstić information content (AvgIpc) is 2.92. The van der Waals surface area contributed by atoms with Gasteiger partial charge in [-0.15, -0.1) is 0 Å². The molecule has 0 bridgehead atoms. The van der Waals surface area contributed by atoms with Gasteiger partial charge < -0.3 is 16.7 Å². The summed E-state index contributed by atoms with van der Waals surface area (Å²) in [6, 6.07) is 1.95. The van der Waals surface area contributed by atoms with E-state index in [9.17, 15) is 10.0 Å². The molecule has 0 radical (unpaired) electrons. The first-order chi connectivity index (χ1) is 10.1. The van der Waals surface area contributed by atoms with Crippen molar-refractivity contribution in [2.75, 3.05) is 0 Å². The van der Waals surface area contributed by atoms with Gasteiger partial charge >= 0.3 is 0 Å². The van der Waals surface area contributed by atoms with Crippen LogP contribution < -0.4 is 11.5 Å². The molecule has 0 atom stereocenters. The number of nitrogens with zero attached hydrogens (tertiary/aromatic N) is 2. The Kier molecular flexibility index (Phi) is 4.35. The Balaban J connectivity index is 2.61. The van der Waals surface area contributed by atoms with E-state index in [0.29, 0.717) is 5.69 Å². The van der Waals surface area contributed by atoms with E-state index in [1.807, 2.05) is 10.6 Å². The molecule has 1 aromatic heterocycles. The van der Waals surface area contributed by atoms with Crippen molar-refractivity contribution in [1.82, 2.24) is 4.57 Å². The van der Waals surface area contributed by atoms with Gasteiger partial charge in [0.2, 0.25) is 0 Å². The summed E-state index contributed by atoms with van der Waals surface area (Å²) in [6.07, 6.45) is 4.92. The number of oxime groups is 1. The molecule has 1 aliphatic rings. The Hall–Kier alpha value is -2.24. The minimum absolute atomic E-state index is 0.0910. The maximum Gasteiger partial charge on any atom is 0.254 e. The number of amides is 1. The van der Waals surface area contributed by atoms with Crippen molar-refractivity contribution in [2.24, 2.45) is 16.6 Å². The highest BCUT2D eigenvalue weighted by Gasteiger charge is 2.33. The van der Waals surface area contributed by atoms with E-state index in [1.54, 1.807) is 0 Å². The number of hydrogen-bond donors (Lipinski definition) is 3. The van der Waals surface area contributed by atoms with Crippen LogP contribution in [0.5, 0.6) is 0 Å². The van der Waals surface area contributed by atoms with E-state index < -0.39 is 5.91 Å². The van der Waals surface area contributed by atoms with Crippen molar-refractivity contribution in [3.63, 3.8) is 0 Å². The van der Waals surface area contributed by atoms with Crippen LogP contribution >= 0.6 is 0 Å². The smallest absolute Gasteiger partial charge is 0.254 e. The maximum atomic E-state index is 11.6. The summed E-state index contributed by atoms with van der Waals surface area (Å²) in [4.78, 5) is 11.6. The van der Waals surface area contributed by atoms with Crippen LogP contribution in [0.3, 0.4) is 0 Å². The first-order valence-corrected chi connectivity index (χ1v) is 7.32. The highest BCUT2D eigenvalue weighted by Crippen LogP contribution is 2.31. The fourth-order valence-electron chi connectivity index (χ4n) is 2.86. The molecule has 114 valence electrons. The quantitative estimate of drug-likeness (QED) is 0.547. The number of carbonyl (C=O) groups excluding carboxylic acids is 1. The van der Waals surface area contributed by atoms with Gasteiger partial charge in [0.05, 0.1) is 5.69 Å². The zero-order valence-corrected chi connectivity index (χ0v) is 12.5. The number of aryl methyl sites for hydroxylation is 1. The van der Waals surface area contributed by atoms with Gasteiger partial charge in [-0.2, -0.15) is 0 Å².